The molecular formula is C14H15BrClNO2. The molecule has 0 bridgehead atoms. The number of furan rings is 1. The summed E-state index contributed by atoms with van der Waals surface area (Å²) in [5.74, 6) is 1.64. The van der Waals surface area contributed by atoms with Crippen molar-refractivity contribution >= 4 is 27.5 Å². The van der Waals surface area contributed by atoms with Gasteiger partial charge in [-0.1, -0.05) is 11.6 Å². The fraction of sp³-hybridized carbons (Fsp3) is 0.286. The standard InChI is InChI=1S/C14H15BrClNO2/c1-8-10(4-5-19-8)13(17-2)11-6-9(16)7-12(15)14(11)18-3/h4-7,13,17H,1-3H3. The molecule has 1 aromatic carbocycles. The van der Waals surface area contributed by atoms with Crippen LogP contribution >= 0.6 is 27.5 Å². The summed E-state index contributed by atoms with van der Waals surface area (Å²) in [7, 11) is 3.54. The van der Waals surface area contributed by atoms with Crippen molar-refractivity contribution in [1.82, 2.24) is 5.32 Å². The number of hydrogen-bond donors (Lipinski definition) is 1. The van der Waals surface area contributed by atoms with Crippen molar-refractivity contribution in [3.8, 4) is 5.75 Å². The number of halogens is 2. The van der Waals surface area contributed by atoms with Gasteiger partial charge in [0.25, 0.3) is 0 Å². The van der Waals surface area contributed by atoms with Crippen LogP contribution in [0.2, 0.25) is 5.02 Å². The third kappa shape index (κ3) is 2.81. The topological polar surface area (TPSA) is 34.4 Å². The van der Waals surface area contributed by atoms with Gasteiger partial charge in [-0.05, 0) is 48.1 Å². The molecule has 0 aliphatic heterocycles. The quantitative estimate of drug-likeness (QED) is 0.897. The Labute approximate surface area is 126 Å². The van der Waals surface area contributed by atoms with Gasteiger partial charge >= 0.3 is 0 Å². The highest BCUT2D eigenvalue weighted by Gasteiger charge is 2.22. The number of hydrogen-bond acceptors (Lipinski definition) is 3. The molecule has 19 heavy (non-hydrogen) atoms. The minimum Gasteiger partial charge on any atom is -0.495 e. The summed E-state index contributed by atoms with van der Waals surface area (Å²) in [6.07, 6.45) is 1.68. The van der Waals surface area contributed by atoms with E-state index < -0.39 is 0 Å². The van der Waals surface area contributed by atoms with Crippen molar-refractivity contribution in [3.05, 3.63) is 50.8 Å². The zero-order chi connectivity index (χ0) is 14.0. The molecule has 0 fully saturated rings. The molecule has 1 atom stereocenters. The summed E-state index contributed by atoms with van der Waals surface area (Å²) < 4.78 is 11.7. The summed E-state index contributed by atoms with van der Waals surface area (Å²) in [5.41, 5.74) is 2.03. The van der Waals surface area contributed by atoms with Crippen LogP contribution in [-0.2, 0) is 0 Å². The van der Waals surface area contributed by atoms with Gasteiger partial charge in [-0.15, -0.1) is 0 Å². The average molecular weight is 345 g/mol. The lowest BCUT2D eigenvalue weighted by Crippen LogP contribution is -2.19. The van der Waals surface area contributed by atoms with Crippen molar-refractivity contribution in [2.24, 2.45) is 0 Å². The zero-order valence-electron chi connectivity index (χ0n) is 11.0. The van der Waals surface area contributed by atoms with E-state index >= 15 is 0 Å². The van der Waals surface area contributed by atoms with E-state index in [1.54, 1.807) is 13.4 Å². The molecule has 0 radical (unpaired) electrons. The second kappa shape index (κ2) is 5.99. The highest BCUT2D eigenvalue weighted by Crippen LogP contribution is 2.38. The van der Waals surface area contributed by atoms with Gasteiger partial charge < -0.3 is 14.5 Å². The molecule has 2 rings (SSSR count). The lowest BCUT2D eigenvalue weighted by Gasteiger charge is -2.20. The summed E-state index contributed by atoms with van der Waals surface area (Å²) in [4.78, 5) is 0. The highest BCUT2D eigenvalue weighted by atomic mass is 79.9. The third-order valence-corrected chi connectivity index (χ3v) is 3.86. The Balaban J connectivity index is 2.58. The summed E-state index contributed by atoms with van der Waals surface area (Å²) >= 11 is 9.62. The van der Waals surface area contributed by atoms with Gasteiger partial charge in [0.05, 0.1) is 23.9 Å². The molecule has 0 amide bonds. The summed E-state index contributed by atoms with van der Waals surface area (Å²) in [5, 5.41) is 3.93. The molecule has 0 aliphatic carbocycles. The predicted octanol–water partition coefficient (Wildman–Crippen LogP) is 4.32. The molecule has 102 valence electrons. The number of methoxy groups -OCH3 is 1. The fourth-order valence-electron chi connectivity index (χ4n) is 2.18. The van der Waals surface area contributed by atoms with Crippen molar-refractivity contribution in [2.75, 3.05) is 14.2 Å². The van der Waals surface area contributed by atoms with E-state index in [2.05, 4.69) is 21.2 Å². The molecule has 1 heterocycles. The van der Waals surface area contributed by atoms with Crippen LogP contribution in [0.1, 0.15) is 22.9 Å². The molecule has 2 aromatic rings. The number of benzene rings is 1. The van der Waals surface area contributed by atoms with E-state index in [0.717, 1.165) is 27.1 Å². The SMILES string of the molecule is CNC(c1ccoc1C)c1cc(Cl)cc(Br)c1OC. The maximum atomic E-state index is 6.14. The van der Waals surface area contributed by atoms with Gasteiger partial charge in [-0.3, -0.25) is 0 Å². The maximum Gasteiger partial charge on any atom is 0.138 e. The van der Waals surface area contributed by atoms with Gasteiger partial charge in [0, 0.05) is 16.1 Å². The van der Waals surface area contributed by atoms with E-state index in [-0.39, 0.29) is 6.04 Å². The Kier molecular flexibility index (Phi) is 4.55. The lowest BCUT2D eigenvalue weighted by atomic mass is 9.98. The smallest absolute Gasteiger partial charge is 0.138 e. The molecule has 1 unspecified atom stereocenters. The first kappa shape index (κ1) is 14.4. The van der Waals surface area contributed by atoms with E-state index in [0.29, 0.717) is 5.02 Å². The Bertz CT molecular complexity index is 583. The summed E-state index contributed by atoms with van der Waals surface area (Å²) in [6, 6.07) is 5.63. The Morgan fingerprint density at radius 3 is 2.63 bits per heavy atom. The van der Waals surface area contributed by atoms with Crippen LogP contribution in [0.4, 0.5) is 0 Å². The molecule has 1 aromatic heterocycles. The first-order chi connectivity index (χ1) is 9.08. The van der Waals surface area contributed by atoms with Gasteiger partial charge in [-0.2, -0.15) is 0 Å². The molecule has 0 saturated carbocycles. The van der Waals surface area contributed by atoms with E-state index in [1.165, 1.54) is 0 Å². The third-order valence-electron chi connectivity index (χ3n) is 3.05. The van der Waals surface area contributed by atoms with Crippen LogP contribution in [0.3, 0.4) is 0 Å². The van der Waals surface area contributed by atoms with Crippen LogP contribution in [0.15, 0.2) is 33.4 Å². The first-order valence-corrected chi connectivity index (χ1v) is 6.99. The Morgan fingerprint density at radius 2 is 2.11 bits per heavy atom. The fourth-order valence-corrected chi connectivity index (χ4v) is 3.18. The molecule has 3 nitrogen and oxygen atoms in total. The van der Waals surface area contributed by atoms with Crippen molar-refractivity contribution < 1.29 is 9.15 Å². The van der Waals surface area contributed by atoms with E-state index in [4.69, 9.17) is 20.8 Å². The van der Waals surface area contributed by atoms with Crippen molar-refractivity contribution in [2.45, 2.75) is 13.0 Å². The molecular weight excluding hydrogens is 330 g/mol. The lowest BCUT2D eigenvalue weighted by molar-refractivity contribution is 0.402. The first-order valence-electron chi connectivity index (χ1n) is 5.82. The molecule has 5 heteroatoms. The molecule has 1 N–H and O–H groups in total. The predicted molar refractivity (Wildman–Crippen MR) is 80.1 cm³/mol. The normalized spacial score (nSPS) is 12.5. The zero-order valence-corrected chi connectivity index (χ0v) is 13.3. The van der Waals surface area contributed by atoms with Crippen LogP contribution < -0.4 is 10.1 Å². The van der Waals surface area contributed by atoms with Crippen molar-refractivity contribution in [1.29, 1.82) is 0 Å². The largest absolute Gasteiger partial charge is 0.495 e. The maximum absolute atomic E-state index is 6.14. The second-order valence-electron chi connectivity index (χ2n) is 4.16. The summed E-state index contributed by atoms with van der Waals surface area (Å²) in [6.45, 7) is 1.94. The number of rotatable bonds is 4. The Hall–Kier alpha value is -0.970. The van der Waals surface area contributed by atoms with Crippen LogP contribution in [0.5, 0.6) is 5.75 Å². The van der Waals surface area contributed by atoms with Crippen LogP contribution in [-0.4, -0.2) is 14.2 Å². The highest BCUT2D eigenvalue weighted by molar-refractivity contribution is 9.10. The van der Waals surface area contributed by atoms with Crippen molar-refractivity contribution in [3.63, 3.8) is 0 Å². The minimum atomic E-state index is -0.0382. The van der Waals surface area contributed by atoms with Crippen LogP contribution in [0.25, 0.3) is 0 Å². The molecule has 0 spiro atoms. The second-order valence-corrected chi connectivity index (χ2v) is 5.45. The van der Waals surface area contributed by atoms with Gasteiger partial charge in [-0.25, -0.2) is 0 Å². The van der Waals surface area contributed by atoms with Crippen LogP contribution in [0, 0.1) is 6.92 Å². The van der Waals surface area contributed by atoms with Gasteiger partial charge in [0.2, 0.25) is 0 Å². The minimum absolute atomic E-state index is 0.0382. The van der Waals surface area contributed by atoms with Gasteiger partial charge in [0.1, 0.15) is 11.5 Å². The molecule has 0 aliphatic rings. The molecule has 0 saturated heterocycles. The average Bonchev–Trinajstić information content (AvgIpc) is 2.76. The monoisotopic (exact) mass is 343 g/mol. The van der Waals surface area contributed by atoms with E-state index in [9.17, 15) is 0 Å². The van der Waals surface area contributed by atoms with E-state index in [1.807, 2.05) is 32.2 Å². The number of ether oxygens (including phenoxy) is 1. The number of nitrogens with one attached hydrogen (secondary N) is 1. The number of aryl methyl sites for hydroxylation is 1. The van der Waals surface area contributed by atoms with Gasteiger partial charge in [0.15, 0.2) is 0 Å². The Morgan fingerprint density at radius 1 is 1.37 bits per heavy atom.